The minimum Gasteiger partial charge on any atom is -0.507 e. The Hall–Kier alpha value is -2.28. The zero-order chi connectivity index (χ0) is 15.4. The largest absolute Gasteiger partial charge is 0.507 e. The van der Waals surface area contributed by atoms with E-state index in [-0.39, 0.29) is 17.3 Å². The van der Waals surface area contributed by atoms with Gasteiger partial charge in [0.1, 0.15) is 11.3 Å². The summed E-state index contributed by atoms with van der Waals surface area (Å²) in [5.74, 6) is -1.14. The molecule has 0 bridgehead atoms. The van der Waals surface area contributed by atoms with Crippen molar-refractivity contribution in [2.75, 3.05) is 32.0 Å². The maximum Gasteiger partial charge on any atom is 0.339 e. The van der Waals surface area contributed by atoms with E-state index in [4.69, 9.17) is 5.11 Å². The molecule has 1 saturated heterocycles. The van der Waals surface area contributed by atoms with E-state index in [9.17, 15) is 14.7 Å². The summed E-state index contributed by atoms with van der Waals surface area (Å²) >= 11 is 0. The lowest BCUT2D eigenvalue weighted by molar-refractivity contribution is 0.0693. The standard InChI is InChI=1S/C14H19N3O4/c1-17-5-4-9(8-17)7-15-14(21)16-10-2-3-12(18)11(6-10)13(19)20/h2-3,6,9,18H,4-5,7-8H2,1H3,(H,19,20)(H2,15,16,21). The number of amides is 2. The van der Waals surface area contributed by atoms with E-state index < -0.39 is 5.97 Å². The highest BCUT2D eigenvalue weighted by Crippen LogP contribution is 2.21. The van der Waals surface area contributed by atoms with Crippen LogP contribution in [-0.4, -0.2) is 53.8 Å². The van der Waals surface area contributed by atoms with Gasteiger partial charge in [0, 0.05) is 18.8 Å². The van der Waals surface area contributed by atoms with Gasteiger partial charge in [0.05, 0.1) is 0 Å². The maximum atomic E-state index is 11.8. The van der Waals surface area contributed by atoms with Gasteiger partial charge < -0.3 is 25.7 Å². The van der Waals surface area contributed by atoms with E-state index in [1.165, 1.54) is 18.2 Å². The number of carboxylic acid groups (broad SMARTS) is 1. The highest BCUT2D eigenvalue weighted by atomic mass is 16.4. The van der Waals surface area contributed by atoms with Crippen LogP contribution in [0.3, 0.4) is 0 Å². The van der Waals surface area contributed by atoms with Crippen LogP contribution in [0.5, 0.6) is 5.75 Å². The molecule has 1 unspecified atom stereocenters. The number of nitrogens with one attached hydrogen (secondary N) is 2. The van der Waals surface area contributed by atoms with Crippen molar-refractivity contribution in [2.45, 2.75) is 6.42 Å². The number of hydrogen-bond donors (Lipinski definition) is 4. The lowest BCUT2D eigenvalue weighted by atomic mass is 10.1. The number of aromatic hydroxyl groups is 1. The van der Waals surface area contributed by atoms with Gasteiger partial charge in [-0.3, -0.25) is 0 Å². The topological polar surface area (TPSA) is 102 Å². The molecule has 1 atom stereocenters. The van der Waals surface area contributed by atoms with Crippen LogP contribution in [0.25, 0.3) is 0 Å². The van der Waals surface area contributed by atoms with Gasteiger partial charge in [0.15, 0.2) is 0 Å². The summed E-state index contributed by atoms with van der Waals surface area (Å²) in [6, 6.07) is 3.53. The summed E-state index contributed by atoms with van der Waals surface area (Å²) in [6.45, 7) is 2.58. The first kappa shape index (κ1) is 15.1. The van der Waals surface area contributed by atoms with Crippen molar-refractivity contribution in [2.24, 2.45) is 5.92 Å². The van der Waals surface area contributed by atoms with Crippen molar-refractivity contribution in [3.8, 4) is 5.75 Å². The summed E-state index contributed by atoms with van der Waals surface area (Å²) in [5.41, 5.74) is 0.0801. The molecule has 7 heteroatoms. The summed E-state index contributed by atoms with van der Waals surface area (Å²) < 4.78 is 0. The van der Waals surface area contributed by atoms with Gasteiger partial charge in [-0.1, -0.05) is 0 Å². The lowest BCUT2D eigenvalue weighted by Crippen LogP contribution is -2.33. The Bertz CT molecular complexity index is 547. The number of nitrogens with zero attached hydrogens (tertiary/aromatic N) is 1. The second-order valence-electron chi connectivity index (χ2n) is 5.29. The molecule has 1 aromatic carbocycles. The minimum atomic E-state index is -1.24. The Balaban J connectivity index is 1.87. The fraction of sp³-hybridized carbons (Fsp3) is 0.429. The van der Waals surface area contributed by atoms with Crippen molar-refractivity contribution in [3.05, 3.63) is 23.8 Å². The van der Waals surface area contributed by atoms with Gasteiger partial charge in [-0.2, -0.15) is 0 Å². The molecule has 1 aromatic rings. The molecule has 0 spiro atoms. The monoisotopic (exact) mass is 293 g/mol. The molecule has 2 amide bonds. The Kier molecular flexibility index (Phi) is 4.64. The van der Waals surface area contributed by atoms with E-state index >= 15 is 0 Å². The number of carbonyl (C=O) groups is 2. The van der Waals surface area contributed by atoms with Crippen molar-refractivity contribution in [1.82, 2.24) is 10.2 Å². The van der Waals surface area contributed by atoms with E-state index in [2.05, 4.69) is 15.5 Å². The second kappa shape index (κ2) is 6.45. The van der Waals surface area contributed by atoms with Crippen LogP contribution in [0, 0.1) is 5.92 Å². The van der Waals surface area contributed by atoms with Crippen molar-refractivity contribution in [1.29, 1.82) is 0 Å². The molecule has 21 heavy (non-hydrogen) atoms. The minimum absolute atomic E-state index is 0.245. The molecule has 7 nitrogen and oxygen atoms in total. The van der Waals surface area contributed by atoms with Crippen LogP contribution < -0.4 is 10.6 Å². The third-order valence-electron chi connectivity index (χ3n) is 3.53. The van der Waals surface area contributed by atoms with Gasteiger partial charge in [0.2, 0.25) is 0 Å². The van der Waals surface area contributed by atoms with Crippen LogP contribution in [0.2, 0.25) is 0 Å². The number of hydrogen-bond acceptors (Lipinski definition) is 4. The second-order valence-corrected chi connectivity index (χ2v) is 5.29. The Labute approximate surface area is 122 Å². The van der Waals surface area contributed by atoms with Crippen LogP contribution in [0.15, 0.2) is 18.2 Å². The number of carboxylic acids is 1. The number of anilines is 1. The fourth-order valence-corrected chi connectivity index (χ4v) is 2.39. The Morgan fingerprint density at radius 1 is 1.43 bits per heavy atom. The number of rotatable bonds is 4. The molecule has 0 aromatic heterocycles. The van der Waals surface area contributed by atoms with Crippen LogP contribution >= 0.6 is 0 Å². The van der Waals surface area contributed by atoms with Crippen LogP contribution in [0.4, 0.5) is 10.5 Å². The number of carbonyl (C=O) groups excluding carboxylic acids is 1. The Morgan fingerprint density at radius 2 is 2.19 bits per heavy atom. The maximum absolute atomic E-state index is 11.8. The fourth-order valence-electron chi connectivity index (χ4n) is 2.39. The number of likely N-dealkylation sites (tertiary alicyclic amines) is 1. The predicted octanol–water partition coefficient (Wildman–Crippen LogP) is 1.16. The molecule has 4 N–H and O–H groups in total. The van der Waals surface area contributed by atoms with Crippen LogP contribution in [0.1, 0.15) is 16.8 Å². The number of benzene rings is 1. The average Bonchev–Trinajstić information content (AvgIpc) is 2.84. The zero-order valence-corrected chi connectivity index (χ0v) is 11.8. The highest BCUT2D eigenvalue weighted by Gasteiger charge is 2.19. The normalized spacial score (nSPS) is 18.4. The molecule has 2 rings (SSSR count). The molecule has 1 fully saturated rings. The summed E-state index contributed by atoms with van der Waals surface area (Å²) in [4.78, 5) is 24.9. The van der Waals surface area contributed by atoms with E-state index in [1.807, 2.05) is 7.05 Å². The first-order valence-corrected chi connectivity index (χ1v) is 6.75. The summed E-state index contributed by atoms with van der Waals surface area (Å²) in [5, 5.41) is 23.6. The number of aromatic carboxylic acids is 1. The predicted molar refractivity (Wildman–Crippen MR) is 77.7 cm³/mol. The molecular formula is C14H19N3O4. The van der Waals surface area contributed by atoms with Gasteiger partial charge in [-0.05, 0) is 44.1 Å². The van der Waals surface area contributed by atoms with Gasteiger partial charge >= 0.3 is 12.0 Å². The smallest absolute Gasteiger partial charge is 0.339 e. The molecule has 1 aliphatic heterocycles. The van der Waals surface area contributed by atoms with Gasteiger partial charge in [0.25, 0.3) is 0 Å². The zero-order valence-electron chi connectivity index (χ0n) is 11.8. The highest BCUT2D eigenvalue weighted by molar-refractivity contribution is 5.95. The number of urea groups is 1. The molecule has 114 valence electrons. The molecule has 1 aliphatic rings. The lowest BCUT2D eigenvalue weighted by Gasteiger charge is -2.13. The van der Waals surface area contributed by atoms with E-state index in [0.29, 0.717) is 18.2 Å². The molecule has 1 heterocycles. The first-order valence-electron chi connectivity index (χ1n) is 6.75. The summed E-state index contributed by atoms with van der Waals surface area (Å²) in [6.07, 6.45) is 1.05. The van der Waals surface area contributed by atoms with E-state index in [0.717, 1.165) is 19.5 Å². The Morgan fingerprint density at radius 3 is 2.81 bits per heavy atom. The third-order valence-corrected chi connectivity index (χ3v) is 3.53. The summed E-state index contributed by atoms with van der Waals surface area (Å²) in [7, 11) is 2.05. The van der Waals surface area contributed by atoms with E-state index in [1.54, 1.807) is 0 Å². The van der Waals surface area contributed by atoms with Gasteiger partial charge in [-0.25, -0.2) is 9.59 Å². The third kappa shape index (κ3) is 4.09. The van der Waals surface area contributed by atoms with Crippen LogP contribution in [-0.2, 0) is 0 Å². The molecule has 0 saturated carbocycles. The van der Waals surface area contributed by atoms with Crippen molar-refractivity contribution in [3.63, 3.8) is 0 Å². The number of phenols is 1. The quantitative estimate of drug-likeness (QED) is 0.624. The van der Waals surface area contributed by atoms with Crippen molar-refractivity contribution < 1.29 is 19.8 Å². The SMILES string of the molecule is CN1CCC(CNC(=O)Nc2ccc(O)c(C(=O)O)c2)C1. The molecule has 0 aliphatic carbocycles. The van der Waals surface area contributed by atoms with Gasteiger partial charge in [-0.15, -0.1) is 0 Å². The van der Waals surface area contributed by atoms with Crippen molar-refractivity contribution >= 4 is 17.7 Å². The first-order chi connectivity index (χ1) is 9.95. The molecular weight excluding hydrogens is 274 g/mol. The molecule has 0 radical (unpaired) electrons. The average molecular weight is 293 g/mol.